The average molecular weight is 236 g/mol. The Hall–Kier alpha value is -1.52. The first-order valence-electron chi connectivity index (χ1n) is 6.07. The van der Waals surface area contributed by atoms with Gasteiger partial charge in [0.1, 0.15) is 5.82 Å². The molecule has 0 saturated carbocycles. The molecule has 0 radical (unpaired) electrons. The fourth-order valence-electron chi connectivity index (χ4n) is 2.34. The van der Waals surface area contributed by atoms with Crippen molar-refractivity contribution in [2.45, 2.75) is 32.7 Å². The maximum Gasteiger partial charge on any atom is 0.225 e. The maximum atomic E-state index is 5.69. The van der Waals surface area contributed by atoms with Gasteiger partial charge >= 0.3 is 0 Å². The van der Waals surface area contributed by atoms with E-state index in [0.29, 0.717) is 17.8 Å². The van der Waals surface area contributed by atoms with Crippen LogP contribution in [0.5, 0.6) is 5.88 Å². The summed E-state index contributed by atoms with van der Waals surface area (Å²) in [4.78, 5) is 10.6. The molecule has 0 amide bonds. The third kappa shape index (κ3) is 2.43. The van der Waals surface area contributed by atoms with Gasteiger partial charge in [-0.25, -0.2) is 0 Å². The number of ether oxygens (including phenoxy) is 1. The molecule has 1 aliphatic heterocycles. The number of piperidine rings is 1. The Morgan fingerprint density at radius 1 is 1.41 bits per heavy atom. The lowest BCUT2D eigenvalue weighted by molar-refractivity contribution is 0.359. The number of anilines is 2. The van der Waals surface area contributed by atoms with Gasteiger partial charge in [-0.1, -0.05) is 6.92 Å². The number of hydrogen-bond acceptors (Lipinski definition) is 5. The molecule has 2 rings (SSSR count). The summed E-state index contributed by atoms with van der Waals surface area (Å²) in [5.74, 6) is 2.34. The van der Waals surface area contributed by atoms with Gasteiger partial charge in [-0.2, -0.15) is 9.97 Å². The molecule has 1 fully saturated rings. The molecular weight excluding hydrogens is 216 g/mol. The van der Waals surface area contributed by atoms with E-state index < -0.39 is 0 Å². The first-order valence-corrected chi connectivity index (χ1v) is 6.07. The van der Waals surface area contributed by atoms with Gasteiger partial charge in [-0.05, 0) is 25.7 Å². The monoisotopic (exact) mass is 236 g/mol. The number of nitrogens with zero attached hydrogens (tertiary/aromatic N) is 3. The fraction of sp³-hybridized carbons (Fsp3) is 0.667. The summed E-state index contributed by atoms with van der Waals surface area (Å²) in [5.41, 5.74) is 5.69. The molecular formula is C12H20N4O. The molecule has 0 spiro atoms. The number of rotatable bonds is 2. The molecule has 5 heteroatoms. The lowest BCUT2D eigenvalue weighted by Gasteiger charge is -2.38. The first kappa shape index (κ1) is 12.0. The average Bonchev–Trinajstić information content (AvgIpc) is 2.31. The summed E-state index contributed by atoms with van der Waals surface area (Å²) in [5, 5.41) is 0. The topological polar surface area (TPSA) is 64.3 Å². The van der Waals surface area contributed by atoms with Crippen molar-refractivity contribution in [3.8, 4) is 5.88 Å². The highest BCUT2D eigenvalue weighted by molar-refractivity contribution is 5.46. The highest BCUT2D eigenvalue weighted by Gasteiger charge is 2.26. The van der Waals surface area contributed by atoms with E-state index in [1.807, 2.05) is 6.07 Å². The molecule has 1 aromatic rings. The van der Waals surface area contributed by atoms with Crippen LogP contribution in [0.4, 0.5) is 11.8 Å². The van der Waals surface area contributed by atoms with E-state index in [4.69, 9.17) is 10.5 Å². The molecule has 1 saturated heterocycles. The van der Waals surface area contributed by atoms with Crippen molar-refractivity contribution in [2.24, 2.45) is 5.92 Å². The van der Waals surface area contributed by atoms with Crippen LogP contribution >= 0.6 is 0 Å². The molecule has 0 bridgehead atoms. The minimum atomic E-state index is 0.268. The van der Waals surface area contributed by atoms with Crippen molar-refractivity contribution in [2.75, 3.05) is 24.3 Å². The smallest absolute Gasteiger partial charge is 0.225 e. The second-order valence-electron chi connectivity index (χ2n) is 4.68. The predicted molar refractivity (Wildman–Crippen MR) is 68.2 cm³/mol. The van der Waals surface area contributed by atoms with Crippen LogP contribution in [0.25, 0.3) is 0 Å². The Morgan fingerprint density at radius 2 is 2.18 bits per heavy atom. The summed E-state index contributed by atoms with van der Waals surface area (Å²) in [6.45, 7) is 5.53. The van der Waals surface area contributed by atoms with E-state index in [0.717, 1.165) is 12.4 Å². The number of nitrogen functional groups attached to an aromatic ring is 1. The number of aromatic nitrogens is 2. The zero-order valence-electron chi connectivity index (χ0n) is 10.7. The molecule has 0 aromatic carbocycles. The lowest BCUT2D eigenvalue weighted by atomic mass is 9.92. The number of methoxy groups -OCH3 is 1. The van der Waals surface area contributed by atoms with Crippen molar-refractivity contribution < 1.29 is 4.74 Å². The van der Waals surface area contributed by atoms with Crippen LogP contribution in [0, 0.1) is 5.92 Å². The van der Waals surface area contributed by atoms with Crippen LogP contribution in [0.1, 0.15) is 26.7 Å². The van der Waals surface area contributed by atoms with E-state index in [-0.39, 0.29) is 5.95 Å². The predicted octanol–water partition coefficient (Wildman–Crippen LogP) is 1.69. The van der Waals surface area contributed by atoms with Gasteiger partial charge in [0, 0.05) is 18.7 Å². The second-order valence-corrected chi connectivity index (χ2v) is 4.68. The third-order valence-electron chi connectivity index (χ3n) is 3.58. The molecule has 2 heterocycles. The molecule has 2 unspecified atom stereocenters. The van der Waals surface area contributed by atoms with Gasteiger partial charge in [0.15, 0.2) is 0 Å². The summed E-state index contributed by atoms with van der Waals surface area (Å²) >= 11 is 0. The maximum absolute atomic E-state index is 5.69. The fourth-order valence-corrected chi connectivity index (χ4v) is 2.34. The molecule has 2 atom stereocenters. The van der Waals surface area contributed by atoms with E-state index in [1.54, 1.807) is 7.11 Å². The van der Waals surface area contributed by atoms with Crippen molar-refractivity contribution in [1.29, 1.82) is 0 Å². The van der Waals surface area contributed by atoms with Crippen molar-refractivity contribution in [1.82, 2.24) is 9.97 Å². The van der Waals surface area contributed by atoms with Gasteiger partial charge in [0.05, 0.1) is 7.11 Å². The van der Waals surface area contributed by atoms with Crippen LogP contribution < -0.4 is 15.4 Å². The van der Waals surface area contributed by atoms with E-state index in [2.05, 4.69) is 28.7 Å². The quantitative estimate of drug-likeness (QED) is 0.846. The standard InChI is InChI=1S/C12H20N4O/c1-8-5-4-6-16(9(8)2)10-7-11(17-3)15-12(13)14-10/h7-9H,4-6H2,1-3H3,(H2,13,14,15). The van der Waals surface area contributed by atoms with Crippen LogP contribution in [0.15, 0.2) is 6.07 Å². The largest absolute Gasteiger partial charge is 0.481 e. The third-order valence-corrected chi connectivity index (χ3v) is 3.58. The van der Waals surface area contributed by atoms with E-state index in [9.17, 15) is 0 Å². The minimum absolute atomic E-state index is 0.268. The van der Waals surface area contributed by atoms with Gasteiger partial charge in [-0.3, -0.25) is 0 Å². The minimum Gasteiger partial charge on any atom is -0.481 e. The Kier molecular flexibility index (Phi) is 3.36. The number of hydrogen-bond donors (Lipinski definition) is 1. The Morgan fingerprint density at radius 3 is 2.88 bits per heavy atom. The Bertz CT molecular complexity index is 396. The first-order chi connectivity index (χ1) is 8.11. The second kappa shape index (κ2) is 4.77. The van der Waals surface area contributed by atoms with Gasteiger partial charge < -0.3 is 15.4 Å². The molecule has 0 aliphatic carbocycles. The van der Waals surface area contributed by atoms with Gasteiger partial charge in [0.25, 0.3) is 0 Å². The zero-order chi connectivity index (χ0) is 12.4. The molecule has 1 aromatic heterocycles. The SMILES string of the molecule is COc1cc(N2CCCC(C)C2C)nc(N)n1. The summed E-state index contributed by atoms with van der Waals surface area (Å²) in [6.07, 6.45) is 2.47. The molecule has 1 aliphatic rings. The molecule has 2 N–H and O–H groups in total. The highest BCUT2D eigenvalue weighted by Crippen LogP contribution is 2.28. The van der Waals surface area contributed by atoms with Crippen molar-refractivity contribution in [3.63, 3.8) is 0 Å². The van der Waals surface area contributed by atoms with Crippen LogP contribution in [-0.4, -0.2) is 29.7 Å². The van der Waals surface area contributed by atoms with Crippen LogP contribution in [0.2, 0.25) is 0 Å². The lowest BCUT2D eigenvalue weighted by Crippen LogP contribution is -2.43. The molecule has 17 heavy (non-hydrogen) atoms. The summed E-state index contributed by atoms with van der Waals surface area (Å²) in [7, 11) is 1.59. The van der Waals surface area contributed by atoms with Crippen molar-refractivity contribution in [3.05, 3.63) is 6.07 Å². The molecule has 5 nitrogen and oxygen atoms in total. The van der Waals surface area contributed by atoms with Crippen molar-refractivity contribution >= 4 is 11.8 Å². The highest BCUT2D eigenvalue weighted by atomic mass is 16.5. The normalized spacial score (nSPS) is 24.8. The van der Waals surface area contributed by atoms with E-state index in [1.165, 1.54) is 12.8 Å². The zero-order valence-corrected chi connectivity index (χ0v) is 10.7. The summed E-state index contributed by atoms with van der Waals surface area (Å²) < 4.78 is 5.13. The summed E-state index contributed by atoms with van der Waals surface area (Å²) in [6, 6.07) is 2.33. The van der Waals surface area contributed by atoms with Crippen LogP contribution in [-0.2, 0) is 0 Å². The number of nitrogens with two attached hydrogens (primary N) is 1. The van der Waals surface area contributed by atoms with Crippen LogP contribution in [0.3, 0.4) is 0 Å². The molecule has 94 valence electrons. The Labute approximate surface area is 102 Å². The van der Waals surface area contributed by atoms with Gasteiger partial charge in [-0.15, -0.1) is 0 Å². The van der Waals surface area contributed by atoms with E-state index >= 15 is 0 Å². The Balaban J connectivity index is 2.29. The van der Waals surface area contributed by atoms with Gasteiger partial charge in [0.2, 0.25) is 11.8 Å².